The molecule has 0 N–H and O–H groups in total. The molecule has 0 amide bonds. The lowest BCUT2D eigenvalue weighted by atomic mass is 10.2. The lowest BCUT2D eigenvalue weighted by Crippen LogP contribution is -2.05. The first-order valence-corrected chi connectivity index (χ1v) is 7.85. The number of aromatic nitrogens is 1. The van der Waals surface area contributed by atoms with Gasteiger partial charge in [0.05, 0.1) is 10.6 Å². The quantitative estimate of drug-likeness (QED) is 0.644. The molecule has 0 radical (unpaired) electrons. The fraction of sp³-hybridized carbons (Fsp3) is 0.235. The second-order valence-corrected chi connectivity index (χ2v) is 6.00. The summed E-state index contributed by atoms with van der Waals surface area (Å²) in [5.41, 5.74) is 2.38. The van der Waals surface area contributed by atoms with Crippen LogP contribution in [0.4, 0.5) is 0 Å². The number of benzene rings is 2. The van der Waals surface area contributed by atoms with Crippen molar-refractivity contribution < 1.29 is 13.9 Å². The van der Waals surface area contributed by atoms with Crippen LogP contribution in [0, 0.1) is 0 Å². The van der Waals surface area contributed by atoms with Crippen molar-refractivity contribution in [3.8, 4) is 11.8 Å². The Kier molecular flexibility index (Phi) is 4.34. The van der Waals surface area contributed by atoms with E-state index in [9.17, 15) is 0 Å². The van der Waals surface area contributed by atoms with Crippen LogP contribution in [-0.4, -0.2) is 11.1 Å². The third kappa shape index (κ3) is 3.25. The Hall–Kier alpha value is -2.01. The topological polar surface area (TPSA) is 44.5 Å². The molecule has 0 saturated heterocycles. The molecule has 3 rings (SSSR count). The second kappa shape index (κ2) is 6.40. The van der Waals surface area contributed by atoms with Crippen molar-refractivity contribution in [3.63, 3.8) is 0 Å². The SMILES string of the molecule is CC(C)Oc1nc2c(OCc3ccccc3)ccc(Br)c2o1. The summed E-state index contributed by atoms with van der Waals surface area (Å²) in [5, 5.41) is 0. The van der Waals surface area contributed by atoms with Gasteiger partial charge in [-0.3, -0.25) is 0 Å². The van der Waals surface area contributed by atoms with Gasteiger partial charge in [0, 0.05) is 0 Å². The van der Waals surface area contributed by atoms with E-state index in [0.29, 0.717) is 23.5 Å². The highest BCUT2D eigenvalue weighted by Gasteiger charge is 2.16. The van der Waals surface area contributed by atoms with E-state index in [-0.39, 0.29) is 12.2 Å². The summed E-state index contributed by atoms with van der Waals surface area (Å²) in [6, 6.07) is 13.7. The van der Waals surface area contributed by atoms with Gasteiger partial charge < -0.3 is 13.9 Å². The van der Waals surface area contributed by atoms with Crippen LogP contribution in [0.2, 0.25) is 0 Å². The smallest absolute Gasteiger partial charge is 0.395 e. The summed E-state index contributed by atoms with van der Waals surface area (Å²) in [6.07, 6.45) is 0.252. The fourth-order valence-corrected chi connectivity index (χ4v) is 2.44. The Morgan fingerprint density at radius 1 is 1.14 bits per heavy atom. The fourth-order valence-electron chi connectivity index (χ4n) is 2.04. The Morgan fingerprint density at radius 2 is 1.91 bits per heavy atom. The van der Waals surface area contributed by atoms with Gasteiger partial charge in [0.25, 0.3) is 0 Å². The van der Waals surface area contributed by atoms with E-state index in [0.717, 1.165) is 10.0 Å². The molecular formula is C17H16BrNO3. The predicted octanol–water partition coefficient (Wildman–Crippen LogP) is 4.96. The monoisotopic (exact) mass is 361 g/mol. The van der Waals surface area contributed by atoms with Gasteiger partial charge in [-0.1, -0.05) is 30.3 Å². The van der Waals surface area contributed by atoms with Crippen LogP contribution in [0.5, 0.6) is 11.8 Å². The standard InChI is InChI=1S/C17H16BrNO3/c1-11(2)21-17-19-15-14(9-8-13(18)16(15)22-17)20-10-12-6-4-3-5-7-12/h3-9,11H,10H2,1-2H3. The molecule has 1 heterocycles. The summed E-state index contributed by atoms with van der Waals surface area (Å²) in [5.74, 6) is 0.671. The van der Waals surface area contributed by atoms with E-state index in [4.69, 9.17) is 13.9 Å². The number of rotatable bonds is 5. The van der Waals surface area contributed by atoms with Gasteiger partial charge in [-0.2, -0.15) is 4.98 Å². The Labute approximate surface area is 137 Å². The molecule has 0 saturated carbocycles. The summed E-state index contributed by atoms with van der Waals surface area (Å²) >= 11 is 3.46. The van der Waals surface area contributed by atoms with Crippen molar-refractivity contribution in [2.45, 2.75) is 26.6 Å². The van der Waals surface area contributed by atoms with E-state index in [2.05, 4.69) is 20.9 Å². The third-order valence-corrected chi connectivity index (χ3v) is 3.64. The predicted molar refractivity (Wildman–Crippen MR) is 88.2 cm³/mol. The van der Waals surface area contributed by atoms with Crippen molar-refractivity contribution in [1.29, 1.82) is 0 Å². The molecular weight excluding hydrogens is 346 g/mol. The molecule has 114 valence electrons. The van der Waals surface area contributed by atoms with Gasteiger partial charge >= 0.3 is 6.08 Å². The van der Waals surface area contributed by atoms with E-state index in [1.165, 1.54) is 0 Å². The van der Waals surface area contributed by atoms with Crippen molar-refractivity contribution >= 4 is 27.0 Å². The van der Waals surface area contributed by atoms with Crippen LogP contribution in [0.3, 0.4) is 0 Å². The lowest BCUT2D eigenvalue weighted by Gasteiger charge is -2.06. The zero-order valence-corrected chi connectivity index (χ0v) is 14.0. The summed E-state index contributed by atoms with van der Waals surface area (Å²) in [6.45, 7) is 4.33. The maximum atomic E-state index is 5.88. The summed E-state index contributed by atoms with van der Waals surface area (Å²) < 4.78 is 17.9. The van der Waals surface area contributed by atoms with Crippen LogP contribution < -0.4 is 9.47 Å². The molecule has 1 aromatic heterocycles. The van der Waals surface area contributed by atoms with E-state index in [1.54, 1.807) is 0 Å². The van der Waals surface area contributed by atoms with Gasteiger partial charge in [0.2, 0.25) is 0 Å². The van der Waals surface area contributed by atoms with Crippen molar-refractivity contribution in [2.75, 3.05) is 0 Å². The second-order valence-electron chi connectivity index (χ2n) is 5.14. The molecule has 2 aromatic carbocycles. The molecule has 0 aliphatic heterocycles. The Morgan fingerprint density at radius 3 is 2.64 bits per heavy atom. The van der Waals surface area contributed by atoms with Gasteiger partial charge in [-0.05, 0) is 47.5 Å². The minimum atomic E-state index is 0.000486. The van der Waals surface area contributed by atoms with E-state index >= 15 is 0 Å². The molecule has 0 aliphatic rings. The highest BCUT2D eigenvalue weighted by molar-refractivity contribution is 9.10. The van der Waals surface area contributed by atoms with Gasteiger partial charge in [-0.15, -0.1) is 0 Å². The van der Waals surface area contributed by atoms with E-state index < -0.39 is 0 Å². The van der Waals surface area contributed by atoms with Crippen molar-refractivity contribution in [2.24, 2.45) is 0 Å². The summed E-state index contributed by atoms with van der Waals surface area (Å²) in [4.78, 5) is 4.38. The number of hydrogen-bond acceptors (Lipinski definition) is 4. The Bertz CT molecular complexity index is 768. The maximum Gasteiger partial charge on any atom is 0.395 e. The summed E-state index contributed by atoms with van der Waals surface area (Å²) in [7, 11) is 0. The highest BCUT2D eigenvalue weighted by atomic mass is 79.9. The molecule has 22 heavy (non-hydrogen) atoms. The zero-order chi connectivity index (χ0) is 15.5. The first-order chi connectivity index (χ1) is 10.6. The largest absolute Gasteiger partial charge is 0.486 e. The first-order valence-electron chi connectivity index (χ1n) is 7.06. The van der Waals surface area contributed by atoms with Crippen molar-refractivity contribution in [3.05, 3.63) is 52.5 Å². The van der Waals surface area contributed by atoms with Crippen LogP contribution in [-0.2, 0) is 6.61 Å². The number of nitrogens with zero attached hydrogens (tertiary/aromatic N) is 1. The molecule has 0 aliphatic carbocycles. The third-order valence-electron chi connectivity index (χ3n) is 3.01. The molecule has 0 spiro atoms. The normalized spacial score (nSPS) is 11.1. The molecule has 0 fully saturated rings. The Balaban J connectivity index is 1.89. The van der Waals surface area contributed by atoms with Crippen molar-refractivity contribution in [1.82, 2.24) is 4.98 Å². The average molecular weight is 362 g/mol. The van der Waals surface area contributed by atoms with Crippen LogP contribution in [0.15, 0.2) is 51.4 Å². The van der Waals surface area contributed by atoms with Gasteiger partial charge in [0.15, 0.2) is 11.1 Å². The molecule has 4 nitrogen and oxygen atoms in total. The number of hydrogen-bond donors (Lipinski definition) is 0. The maximum absolute atomic E-state index is 5.88. The van der Waals surface area contributed by atoms with Crippen LogP contribution in [0.1, 0.15) is 19.4 Å². The molecule has 5 heteroatoms. The lowest BCUT2D eigenvalue weighted by molar-refractivity contribution is 0.180. The molecule has 0 bridgehead atoms. The van der Waals surface area contributed by atoms with Crippen LogP contribution >= 0.6 is 15.9 Å². The first kappa shape index (κ1) is 14.9. The number of fused-ring (bicyclic) bond motifs is 1. The zero-order valence-electron chi connectivity index (χ0n) is 12.4. The number of halogens is 1. The minimum Gasteiger partial charge on any atom is -0.486 e. The number of oxazole rings is 1. The minimum absolute atomic E-state index is 0.000486. The molecule has 3 aromatic rings. The van der Waals surface area contributed by atoms with Gasteiger partial charge in [-0.25, -0.2) is 0 Å². The highest BCUT2D eigenvalue weighted by Crippen LogP contribution is 2.34. The average Bonchev–Trinajstić information content (AvgIpc) is 2.91. The van der Waals surface area contributed by atoms with E-state index in [1.807, 2.05) is 56.3 Å². The number of ether oxygens (including phenoxy) is 2. The van der Waals surface area contributed by atoms with Crippen LogP contribution in [0.25, 0.3) is 11.1 Å². The molecule has 0 unspecified atom stereocenters. The molecule has 0 atom stereocenters. The van der Waals surface area contributed by atoms with Gasteiger partial charge in [0.1, 0.15) is 12.4 Å².